The van der Waals surface area contributed by atoms with Crippen LogP contribution in [0, 0.1) is 11.3 Å². The predicted octanol–water partition coefficient (Wildman–Crippen LogP) is 2.68. The second kappa shape index (κ2) is 8.74. The third-order valence-electron chi connectivity index (χ3n) is 4.04. The third kappa shape index (κ3) is 7.82. The first-order valence-electron chi connectivity index (χ1n) is 8.45. The molecule has 1 saturated heterocycles. The SMILES string of the molecule is CCOC(=O)CCC1CC(NCC(C)(C)C)CN(CC)C1. The molecule has 2 unspecified atom stereocenters. The molecule has 1 rings (SSSR count). The minimum Gasteiger partial charge on any atom is -0.466 e. The fraction of sp³-hybridized carbons (Fsp3) is 0.941. The van der Waals surface area contributed by atoms with Crippen molar-refractivity contribution >= 4 is 5.97 Å². The number of hydrogen-bond donors (Lipinski definition) is 1. The second-order valence-electron chi connectivity index (χ2n) is 7.44. The summed E-state index contributed by atoms with van der Waals surface area (Å²) in [7, 11) is 0. The molecule has 0 radical (unpaired) electrons. The molecule has 0 spiro atoms. The predicted molar refractivity (Wildman–Crippen MR) is 87.3 cm³/mol. The molecule has 1 aliphatic rings. The van der Waals surface area contributed by atoms with Gasteiger partial charge in [0.1, 0.15) is 0 Å². The lowest BCUT2D eigenvalue weighted by molar-refractivity contribution is -0.143. The lowest BCUT2D eigenvalue weighted by Gasteiger charge is -2.38. The van der Waals surface area contributed by atoms with Crippen LogP contribution in [0.2, 0.25) is 0 Å². The van der Waals surface area contributed by atoms with Gasteiger partial charge < -0.3 is 15.0 Å². The van der Waals surface area contributed by atoms with Crippen molar-refractivity contribution in [2.24, 2.45) is 11.3 Å². The Morgan fingerprint density at radius 3 is 2.57 bits per heavy atom. The van der Waals surface area contributed by atoms with Crippen molar-refractivity contribution in [1.29, 1.82) is 0 Å². The number of nitrogens with zero attached hydrogens (tertiary/aromatic N) is 1. The number of rotatable bonds is 7. The summed E-state index contributed by atoms with van der Waals surface area (Å²) < 4.78 is 5.04. The highest BCUT2D eigenvalue weighted by molar-refractivity contribution is 5.69. The van der Waals surface area contributed by atoms with Crippen LogP contribution < -0.4 is 5.32 Å². The summed E-state index contributed by atoms with van der Waals surface area (Å²) in [6.45, 7) is 15.7. The number of esters is 1. The standard InChI is InChI=1S/C17H34N2O2/c1-6-19-11-14(8-9-16(20)21-7-2)10-15(12-19)18-13-17(3,4)5/h14-15,18H,6-13H2,1-5H3. The van der Waals surface area contributed by atoms with Gasteiger partial charge in [0.05, 0.1) is 6.61 Å². The third-order valence-corrected chi connectivity index (χ3v) is 4.04. The van der Waals surface area contributed by atoms with E-state index in [-0.39, 0.29) is 5.97 Å². The van der Waals surface area contributed by atoms with E-state index in [1.165, 1.54) is 6.42 Å². The smallest absolute Gasteiger partial charge is 0.305 e. The average Bonchev–Trinajstić information content (AvgIpc) is 2.42. The summed E-state index contributed by atoms with van der Waals surface area (Å²) in [6, 6.07) is 0.546. The minimum atomic E-state index is -0.0506. The zero-order valence-electron chi connectivity index (χ0n) is 14.6. The summed E-state index contributed by atoms with van der Waals surface area (Å²) in [6.07, 6.45) is 2.68. The maximum absolute atomic E-state index is 11.5. The van der Waals surface area contributed by atoms with E-state index in [0.717, 1.165) is 32.6 Å². The van der Waals surface area contributed by atoms with Crippen LogP contribution in [0.15, 0.2) is 0 Å². The fourth-order valence-corrected chi connectivity index (χ4v) is 2.92. The molecule has 4 heteroatoms. The maximum Gasteiger partial charge on any atom is 0.305 e. The molecule has 1 heterocycles. The average molecular weight is 298 g/mol. The van der Waals surface area contributed by atoms with Gasteiger partial charge in [-0.25, -0.2) is 0 Å². The first-order valence-corrected chi connectivity index (χ1v) is 8.45. The number of carbonyl (C=O) groups is 1. The Hall–Kier alpha value is -0.610. The largest absolute Gasteiger partial charge is 0.466 e. The van der Waals surface area contributed by atoms with E-state index in [1.807, 2.05) is 6.92 Å². The molecule has 0 bridgehead atoms. The molecule has 0 aromatic carbocycles. The molecule has 1 fully saturated rings. The summed E-state index contributed by atoms with van der Waals surface area (Å²) in [5.74, 6) is 0.547. The van der Waals surface area contributed by atoms with Crippen LogP contribution in [-0.2, 0) is 9.53 Å². The van der Waals surface area contributed by atoms with Crippen molar-refractivity contribution < 1.29 is 9.53 Å². The molecule has 2 atom stereocenters. The van der Waals surface area contributed by atoms with Gasteiger partial charge in [0.2, 0.25) is 0 Å². The Morgan fingerprint density at radius 1 is 1.29 bits per heavy atom. The zero-order valence-corrected chi connectivity index (χ0v) is 14.6. The summed E-state index contributed by atoms with van der Waals surface area (Å²) in [4.78, 5) is 14.0. The number of likely N-dealkylation sites (N-methyl/N-ethyl adjacent to an activating group) is 1. The van der Waals surface area contributed by atoms with Gasteiger partial charge in [0.25, 0.3) is 0 Å². The second-order valence-corrected chi connectivity index (χ2v) is 7.44. The Kier molecular flexibility index (Phi) is 7.67. The molecule has 0 aromatic rings. The normalized spacial score (nSPS) is 24.0. The van der Waals surface area contributed by atoms with Crippen LogP contribution in [0.1, 0.15) is 53.9 Å². The van der Waals surface area contributed by atoms with Crippen molar-refractivity contribution in [2.45, 2.75) is 59.9 Å². The van der Waals surface area contributed by atoms with E-state index >= 15 is 0 Å². The molecule has 1 N–H and O–H groups in total. The van der Waals surface area contributed by atoms with Crippen molar-refractivity contribution in [1.82, 2.24) is 10.2 Å². The monoisotopic (exact) mass is 298 g/mol. The molecular weight excluding hydrogens is 264 g/mol. The lowest BCUT2D eigenvalue weighted by atomic mass is 9.89. The van der Waals surface area contributed by atoms with E-state index in [4.69, 9.17) is 4.74 Å². The van der Waals surface area contributed by atoms with Crippen LogP contribution in [-0.4, -0.2) is 49.7 Å². The number of ether oxygens (including phenoxy) is 1. The molecule has 21 heavy (non-hydrogen) atoms. The molecule has 1 aliphatic heterocycles. The van der Waals surface area contributed by atoms with Crippen molar-refractivity contribution in [3.05, 3.63) is 0 Å². The number of carbonyl (C=O) groups excluding carboxylic acids is 1. The van der Waals surface area contributed by atoms with E-state index in [1.54, 1.807) is 0 Å². The number of nitrogens with one attached hydrogen (secondary N) is 1. The van der Waals surface area contributed by atoms with Gasteiger partial charge in [-0.3, -0.25) is 4.79 Å². The molecule has 4 nitrogen and oxygen atoms in total. The quantitative estimate of drug-likeness (QED) is 0.734. The van der Waals surface area contributed by atoms with Gasteiger partial charge in [-0.05, 0) is 37.6 Å². The van der Waals surface area contributed by atoms with E-state index < -0.39 is 0 Å². The van der Waals surface area contributed by atoms with Crippen LogP contribution in [0.3, 0.4) is 0 Å². The first-order chi connectivity index (χ1) is 9.84. The topological polar surface area (TPSA) is 41.6 Å². The highest BCUT2D eigenvalue weighted by atomic mass is 16.5. The number of likely N-dealkylation sites (tertiary alicyclic amines) is 1. The van der Waals surface area contributed by atoms with Crippen LogP contribution >= 0.6 is 0 Å². The summed E-state index contributed by atoms with van der Waals surface area (Å²) >= 11 is 0. The first kappa shape index (κ1) is 18.4. The Bertz CT molecular complexity index is 312. The Balaban J connectivity index is 2.43. The van der Waals surface area contributed by atoms with Crippen molar-refractivity contribution in [3.8, 4) is 0 Å². The van der Waals surface area contributed by atoms with Gasteiger partial charge in [0.15, 0.2) is 0 Å². The number of hydrogen-bond acceptors (Lipinski definition) is 4. The van der Waals surface area contributed by atoms with Gasteiger partial charge in [0, 0.05) is 32.1 Å². The Morgan fingerprint density at radius 2 is 2.00 bits per heavy atom. The van der Waals surface area contributed by atoms with E-state index in [2.05, 4.69) is 37.9 Å². The van der Waals surface area contributed by atoms with E-state index in [0.29, 0.717) is 30.4 Å². The van der Waals surface area contributed by atoms with E-state index in [9.17, 15) is 4.79 Å². The molecule has 0 aliphatic carbocycles. The van der Waals surface area contributed by atoms with Gasteiger partial charge >= 0.3 is 5.97 Å². The maximum atomic E-state index is 11.5. The molecule has 124 valence electrons. The van der Waals surface area contributed by atoms with Gasteiger partial charge in [-0.1, -0.05) is 27.7 Å². The van der Waals surface area contributed by atoms with Crippen LogP contribution in [0.5, 0.6) is 0 Å². The highest BCUT2D eigenvalue weighted by Gasteiger charge is 2.27. The molecular formula is C17H34N2O2. The zero-order chi connectivity index (χ0) is 15.9. The van der Waals surface area contributed by atoms with Gasteiger partial charge in [-0.15, -0.1) is 0 Å². The van der Waals surface area contributed by atoms with Crippen molar-refractivity contribution in [3.63, 3.8) is 0 Å². The van der Waals surface area contributed by atoms with Gasteiger partial charge in [-0.2, -0.15) is 0 Å². The highest BCUT2D eigenvalue weighted by Crippen LogP contribution is 2.22. The molecule has 0 aromatic heterocycles. The number of piperidine rings is 1. The minimum absolute atomic E-state index is 0.0506. The molecule has 0 saturated carbocycles. The summed E-state index contributed by atoms with van der Waals surface area (Å²) in [5, 5.41) is 3.71. The lowest BCUT2D eigenvalue weighted by Crippen LogP contribution is -2.50. The van der Waals surface area contributed by atoms with Crippen LogP contribution in [0.25, 0.3) is 0 Å². The van der Waals surface area contributed by atoms with Crippen LogP contribution in [0.4, 0.5) is 0 Å². The Labute approximate surface area is 130 Å². The molecule has 0 amide bonds. The van der Waals surface area contributed by atoms with Crippen molar-refractivity contribution in [2.75, 3.05) is 32.8 Å². The fourth-order valence-electron chi connectivity index (χ4n) is 2.92. The summed E-state index contributed by atoms with van der Waals surface area (Å²) in [5.41, 5.74) is 0.314.